The number of nitrogens with zero attached hydrogens (tertiary/aromatic N) is 4. The monoisotopic (exact) mass is 448 g/mol. The highest BCUT2D eigenvalue weighted by Gasteiger charge is 2.15. The molecule has 2 aromatic carbocycles. The van der Waals surface area contributed by atoms with Crippen LogP contribution in [0.3, 0.4) is 0 Å². The van der Waals surface area contributed by atoms with E-state index in [-0.39, 0.29) is 11.3 Å². The lowest BCUT2D eigenvalue weighted by atomic mass is 10.2. The number of benzene rings is 2. The molecule has 2 aromatic heterocycles. The Hall–Kier alpha value is -4.54. The van der Waals surface area contributed by atoms with Crippen LogP contribution in [0.15, 0.2) is 53.2 Å². The Balaban J connectivity index is 1.58. The molecule has 0 radical (unpaired) electrons. The van der Waals surface area contributed by atoms with E-state index >= 15 is 0 Å². The minimum absolute atomic E-state index is 0.226. The molecular formula is C22H20N6O5. The van der Waals surface area contributed by atoms with Gasteiger partial charge >= 0.3 is 11.9 Å². The highest BCUT2D eigenvalue weighted by molar-refractivity contribution is 5.91. The van der Waals surface area contributed by atoms with Crippen molar-refractivity contribution in [2.75, 3.05) is 23.8 Å². The molecule has 0 unspecified atom stereocenters. The van der Waals surface area contributed by atoms with Crippen LogP contribution in [0.4, 0.5) is 23.0 Å². The Labute approximate surface area is 188 Å². The van der Waals surface area contributed by atoms with Gasteiger partial charge in [-0.05, 0) is 72.7 Å². The Kier molecular flexibility index (Phi) is 6.39. The minimum Gasteiger partial charge on any atom is -0.462 e. The van der Waals surface area contributed by atoms with Crippen LogP contribution in [-0.4, -0.2) is 45.4 Å². The Bertz CT molecular complexity index is 1170. The standard InChI is InChI=1S/C22H20N6O5/c1-3-31-21(29)13-5-9-15(10-6-13)23-17-18(26-20-19(25-17)27-33-28-20)24-16-11-7-14(8-12-16)22(30)32-4-2/h5-12H,3-4H2,1-2H3,(H,23,25,27)(H,24,26,28). The molecule has 11 heteroatoms. The van der Waals surface area contributed by atoms with Crippen LogP contribution in [0.2, 0.25) is 0 Å². The van der Waals surface area contributed by atoms with E-state index in [1.807, 2.05) is 0 Å². The Morgan fingerprint density at radius 1 is 0.727 bits per heavy atom. The molecule has 0 saturated carbocycles. The van der Waals surface area contributed by atoms with E-state index in [0.29, 0.717) is 47.4 Å². The predicted octanol–water partition coefficient (Wildman–Crippen LogP) is 3.85. The van der Waals surface area contributed by atoms with Gasteiger partial charge in [-0.3, -0.25) is 0 Å². The zero-order chi connectivity index (χ0) is 23.2. The number of aromatic nitrogens is 4. The first-order valence-corrected chi connectivity index (χ1v) is 10.2. The van der Waals surface area contributed by atoms with Gasteiger partial charge in [-0.25, -0.2) is 24.2 Å². The first-order chi connectivity index (χ1) is 16.1. The van der Waals surface area contributed by atoms with E-state index in [2.05, 4.69) is 30.9 Å². The van der Waals surface area contributed by atoms with Crippen molar-refractivity contribution in [1.29, 1.82) is 0 Å². The first kappa shape index (κ1) is 21.7. The van der Waals surface area contributed by atoms with Gasteiger partial charge in [0.2, 0.25) is 11.3 Å². The number of hydrogen-bond donors (Lipinski definition) is 2. The third kappa shape index (κ3) is 5.03. The molecule has 2 heterocycles. The van der Waals surface area contributed by atoms with Crippen LogP contribution < -0.4 is 10.6 Å². The van der Waals surface area contributed by atoms with E-state index in [0.717, 1.165) is 0 Å². The van der Waals surface area contributed by atoms with Crippen molar-refractivity contribution in [3.63, 3.8) is 0 Å². The molecule has 4 aromatic rings. The normalized spacial score (nSPS) is 10.6. The predicted molar refractivity (Wildman–Crippen MR) is 119 cm³/mol. The molecule has 0 spiro atoms. The second-order valence-corrected chi connectivity index (χ2v) is 6.68. The number of ether oxygens (including phenoxy) is 2. The van der Waals surface area contributed by atoms with Crippen LogP contribution in [0.25, 0.3) is 11.3 Å². The maximum absolute atomic E-state index is 11.9. The zero-order valence-corrected chi connectivity index (χ0v) is 17.9. The van der Waals surface area contributed by atoms with Gasteiger partial charge < -0.3 is 20.1 Å². The molecule has 0 fully saturated rings. The maximum atomic E-state index is 11.9. The third-order valence-corrected chi connectivity index (χ3v) is 4.43. The van der Waals surface area contributed by atoms with Crippen LogP contribution in [-0.2, 0) is 9.47 Å². The molecule has 4 rings (SSSR count). The number of fused-ring (bicyclic) bond motifs is 1. The molecule has 0 saturated heterocycles. The summed E-state index contributed by atoms with van der Waals surface area (Å²) in [5.41, 5.74) is 2.64. The van der Waals surface area contributed by atoms with Gasteiger partial charge in [-0.15, -0.1) is 0 Å². The average molecular weight is 448 g/mol. The molecule has 0 bridgehead atoms. The summed E-state index contributed by atoms with van der Waals surface area (Å²) in [6.45, 7) is 4.10. The highest BCUT2D eigenvalue weighted by Crippen LogP contribution is 2.27. The molecule has 0 aliphatic heterocycles. The van der Waals surface area contributed by atoms with Crippen LogP contribution in [0, 0.1) is 0 Å². The summed E-state index contributed by atoms with van der Waals surface area (Å²) in [6, 6.07) is 13.5. The fourth-order valence-electron chi connectivity index (χ4n) is 2.89. The van der Waals surface area contributed by atoms with Gasteiger partial charge in [0.25, 0.3) is 0 Å². The van der Waals surface area contributed by atoms with Gasteiger partial charge in [0.05, 0.1) is 24.3 Å². The number of carbonyl (C=O) groups is 2. The Morgan fingerprint density at radius 3 is 1.48 bits per heavy atom. The van der Waals surface area contributed by atoms with E-state index in [4.69, 9.17) is 14.1 Å². The van der Waals surface area contributed by atoms with Gasteiger partial charge in [0.1, 0.15) is 0 Å². The van der Waals surface area contributed by atoms with Crippen molar-refractivity contribution >= 4 is 46.2 Å². The van der Waals surface area contributed by atoms with E-state index in [9.17, 15) is 9.59 Å². The number of hydrogen-bond acceptors (Lipinski definition) is 11. The summed E-state index contributed by atoms with van der Waals surface area (Å²) < 4.78 is 14.7. The molecular weight excluding hydrogens is 428 g/mol. The quantitative estimate of drug-likeness (QED) is 0.379. The van der Waals surface area contributed by atoms with Gasteiger partial charge in [-0.2, -0.15) is 0 Å². The molecule has 0 atom stereocenters. The molecule has 0 aliphatic rings. The lowest BCUT2D eigenvalue weighted by Crippen LogP contribution is -2.06. The van der Waals surface area contributed by atoms with Gasteiger partial charge in [0.15, 0.2) is 11.6 Å². The average Bonchev–Trinajstić information content (AvgIpc) is 3.28. The minimum atomic E-state index is -0.396. The fourth-order valence-corrected chi connectivity index (χ4v) is 2.89. The summed E-state index contributed by atoms with van der Waals surface area (Å²) in [5.74, 6) is -0.0757. The van der Waals surface area contributed by atoms with Crippen molar-refractivity contribution in [3.8, 4) is 0 Å². The van der Waals surface area contributed by atoms with Crippen molar-refractivity contribution in [1.82, 2.24) is 20.3 Å². The summed E-state index contributed by atoms with van der Waals surface area (Å²) in [5, 5.41) is 13.8. The topological polar surface area (TPSA) is 141 Å². The second-order valence-electron chi connectivity index (χ2n) is 6.68. The molecule has 33 heavy (non-hydrogen) atoms. The fraction of sp³-hybridized carbons (Fsp3) is 0.182. The largest absolute Gasteiger partial charge is 0.462 e. The van der Waals surface area contributed by atoms with E-state index < -0.39 is 11.9 Å². The Morgan fingerprint density at radius 2 is 1.12 bits per heavy atom. The second kappa shape index (κ2) is 9.73. The van der Waals surface area contributed by atoms with E-state index in [1.54, 1.807) is 62.4 Å². The summed E-state index contributed by atoms with van der Waals surface area (Å²) in [7, 11) is 0. The zero-order valence-electron chi connectivity index (χ0n) is 17.9. The number of rotatable bonds is 8. The smallest absolute Gasteiger partial charge is 0.338 e. The van der Waals surface area contributed by atoms with Gasteiger partial charge in [-0.1, -0.05) is 0 Å². The van der Waals surface area contributed by atoms with Crippen molar-refractivity contribution in [2.24, 2.45) is 0 Å². The van der Waals surface area contributed by atoms with Crippen LogP contribution in [0.5, 0.6) is 0 Å². The number of carbonyl (C=O) groups excluding carboxylic acids is 2. The van der Waals surface area contributed by atoms with Crippen LogP contribution >= 0.6 is 0 Å². The van der Waals surface area contributed by atoms with E-state index in [1.165, 1.54) is 0 Å². The summed E-state index contributed by atoms with van der Waals surface area (Å²) >= 11 is 0. The van der Waals surface area contributed by atoms with Crippen LogP contribution in [0.1, 0.15) is 34.6 Å². The lowest BCUT2D eigenvalue weighted by Gasteiger charge is -2.12. The summed E-state index contributed by atoms with van der Waals surface area (Å²) in [4.78, 5) is 32.6. The van der Waals surface area contributed by atoms with Crippen molar-refractivity contribution < 1.29 is 23.7 Å². The molecule has 11 nitrogen and oxygen atoms in total. The number of nitrogens with one attached hydrogen (secondary N) is 2. The lowest BCUT2D eigenvalue weighted by molar-refractivity contribution is 0.0517. The van der Waals surface area contributed by atoms with Crippen molar-refractivity contribution in [3.05, 3.63) is 59.7 Å². The molecule has 0 amide bonds. The first-order valence-electron chi connectivity index (χ1n) is 10.2. The van der Waals surface area contributed by atoms with Crippen molar-refractivity contribution in [2.45, 2.75) is 13.8 Å². The highest BCUT2D eigenvalue weighted by atomic mass is 16.6. The number of anilines is 4. The molecule has 168 valence electrons. The van der Waals surface area contributed by atoms with Gasteiger partial charge in [0, 0.05) is 11.4 Å². The third-order valence-electron chi connectivity index (χ3n) is 4.43. The number of esters is 2. The molecule has 0 aliphatic carbocycles. The molecule has 2 N–H and O–H groups in total. The summed E-state index contributed by atoms with van der Waals surface area (Å²) in [6.07, 6.45) is 0. The SMILES string of the molecule is CCOC(=O)c1ccc(Nc2nc3nonc3nc2Nc2ccc(C(=O)OCC)cc2)cc1. The maximum Gasteiger partial charge on any atom is 0.338 e.